The van der Waals surface area contributed by atoms with Gasteiger partial charge in [-0.05, 0) is 50.2 Å². The lowest BCUT2D eigenvalue weighted by molar-refractivity contribution is -0.148. The van der Waals surface area contributed by atoms with Gasteiger partial charge in [-0.2, -0.15) is 0 Å². The molecular weight excluding hydrogens is 330 g/mol. The summed E-state index contributed by atoms with van der Waals surface area (Å²) in [5.41, 5.74) is 1.14. The van der Waals surface area contributed by atoms with Crippen LogP contribution in [0.5, 0.6) is 0 Å². The van der Waals surface area contributed by atoms with E-state index in [4.69, 9.17) is 4.74 Å². The summed E-state index contributed by atoms with van der Waals surface area (Å²) in [7, 11) is 0. The third-order valence-corrected chi connectivity index (χ3v) is 5.30. The molecule has 1 aromatic rings. The third kappa shape index (κ3) is 5.19. The molecule has 1 atom stereocenters. The molecule has 6 nitrogen and oxygen atoms in total. The number of esters is 1. The van der Waals surface area contributed by atoms with Crippen LogP contribution in [0.15, 0.2) is 24.5 Å². The first-order valence-corrected chi connectivity index (χ1v) is 9.87. The van der Waals surface area contributed by atoms with Crippen molar-refractivity contribution >= 4 is 12.0 Å². The van der Waals surface area contributed by atoms with Gasteiger partial charge in [0.15, 0.2) is 0 Å². The van der Waals surface area contributed by atoms with E-state index in [0.717, 1.165) is 37.7 Å². The number of nitrogens with one attached hydrogen (secondary N) is 1. The van der Waals surface area contributed by atoms with Gasteiger partial charge in [-0.15, -0.1) is 0 Å². The Morgan fingerprint density at radius 3 is 2.81 bits per heavy atom. The molecule has 1 aliphatic heterocycles. The Balaban J connectivity index is 1.41. The van der Waals surface area contributed by atoms with Crippen molar-refractivity contribution in [1.82, 2.24) is 15.2 Å². The predicted octanol–water partition coefficient (Wildman–Crippen LogP) is 3.06. The Morgan fingerprint density at radius 1 is 1.19 bits per heavy atom. The van der Waals surface area contributed by atoms with Crippen molar-refractivity contribution in [2.75, 3.05) is 13.2 Å². The number of likely N-dealkylation sites (tertiary alicyclic amines) is 1. The van der Waals surface area contributed by atoms with E-state index < -0.39 is 6.04 Å². The smallest absolute Gasteiger partial charge is 0.328 e. The van der Waals surface area contributed by atoms with Crippen molar-refractivity contribution < 1.29 is 14.3 Å². The van der Waals surface area contributed by atoms with E-state index >= 15 is 0 Å². The van der Waals surface area contributed by atoms with Crippen molar-refractivity contribution in [3.63, 3.8) is 0 Å². The number of carbonyl (C=O) groups is 2. The van der Waals surface area contributed by atoms with Gasteiger partial charge in [0, 0.05) is 25.0 Å². The van der Waals surface area contributed by atoms with Crippen molar-refractivity contribution in [2.24, 2.45) is 0 Å². The van der Waals surface area contributed by atoms with Gasteiger partial charge in [0.05, 0.1) is 6.61 Å². The van der Waals surface area contributed by atoms with E-state index in [-0.39, 0.29) is 18.0 Å². The van der Waals surface area contributed by atoms with E-state index in [0.29, 0.717) is 19.6 Å². The fourth-order valence-corrected chi connectivity index (χ4v) is 3.85. The van der Waals surface area contributed by atoms with E-state index in [1.54, 1.807) is 11.1 Å². The number of carbonyl (C=O) groups excluding carboxylic acids is 2. The van der Waals surface area contributed by atoms with Crippen molar-refractivity contribution in [2.45, 2.75) is 69.9 Å². The highest BCUT2D eigenvalue weighted by Gasteiger charge is 2.36. The first-order chi connectivity index (χ1) is 12.7. The average molecular weight is 359 g/mol. The van der Waals surface area contributed by atoms with Gasteiger partial charge in [-0.25, -0.2) is 9.59 Å². The van der Waals surface area contributed by atoms with Gasteiger partial charge in [-0.3, -0.25) is 4.98 Å². The first kappa shape index (κ1) is 18.7. The zero-order valence-corrected chi connectivity index (χ0v) is 15.4. The highest BCUT2D eigenvalue weighted by molar-refractivity contribution is 5.84. The molecule has 1 N–H and O–H groups in total. The molecule has 2 fully saturated rings. The molecule has 0 spiro atoms. The molecule has 1 saturated carbocycles. The van der Waals surface area contributed by atoms with Gasteiger partial charge in [0.25, 0.3) is 0 Å². The molecule has 142 valence electrons. The molecule has 0 aromatic carbocycles. The van der Waals surface area contributed by atoms with Gasteiger partial charge >= 0.3 is 12.0 Å². The molecule has 2 aliphatic rings. The molecule has 0 radical (unpaired) electrons. The van der Waals surface area contributed by atoms with Crippen LogP contribution in [0.1, 0.15) is 56.9 Å². The number of rotatable bonds is 6. The first-order valence-electron chi connectivity index (χ1n) is 9.87. The minimum Gasteiger partial charge on any atom is -0.464 e. The number of amides is 2. The zero-order chi connectivity index (χ0) is 18.2. The van der Waals surface area contributed by atoms with Crippen molar-refractivity contribution in [3.05, 3.63) is 30.1 Å². The molecule has 26 heavy (non-hydrogen) atoms. The van der Waals surface area contributed by atoms with Gasteiger partial charge in [0.1, 0.15) is 6.04 Å². The highest BCUT2D eigenvalue weighted by atomic mass is 16.5. The van der Waals surface area contributed by atoms with Crippen LogP contribution < -0.4 is 5.32 Å². The summed E-state index contributed by atoms with van der Waals surface area (Å²) in [5, 5.41) is 3.11. The summed E-state index contributed by atoms with van der Waals surface area (Å²) in [6.45, 7) is 1.01. The Labute approximate surface area is 155 Å². The number of ether oxygens (including phenoxy) is 1. The molecule has 1 aliphatic carbocycles. The van der Waals surface area contributed by atoms with Crippen LogP contribution >= 0.6 is 0 Å². The minimum absolute atomic E-state index is 0.105. The summed E-state index contributed by atoms with van der Waals surface area (Å²) >= 11 is 0. The normalized spacial score (nSPS) is 20.8. The Morgan fingerprint density at radius 2 is 2.04 bits per heavy atom. The molecule has 2 amide bonds. The monoisotopic (exact) mass is 359 g/mol. The van der Waals surface area contributed by atoms with Gasteiger partial charge < -0.3 is 15.0 Å². The zero-order valence-electron chi connectivity index (χ0n) is 15.4. The minimum atomic E-state index is -0.433. The molecule has 3 rings (SSSR count). The number of urea groups is 1. The molecule has 1 saturated heterocycles. The number of pyridine rings is 1. The predicted molar refractivity (Wildman–Crippen MR) is 98.6 cm³/mol. The van der Waals surface area contributed by atoms with Crippen LogP contribution in [0.2, 0.25) is 0 Å². The fraction of sp³-hybridized carbons (Fsp3) is 0.650. The lowest BCUT2D eigenvalue weighted by Gasteiger charge is -2.28. The Hall–Kier alpha value is -2.11. The SMILES string of the molecule is O=C(OCCCc1cccnc1)C1CCCN1C(=O)NC1CCCCC1. The second kappa shape index (κ2) is 9.55. The summed E-state index contributed by atoms with van der Waals surface area (Å²) in [6.07, 6.45) is 12.4. The van der Waals surface area contributed by atoms with Crippen LogP contribution in [0.25, 0.3) is 0 Å². The topological polar surface area (TPSA) is 71.5 Å². The summed E-state index contributed by atoms with van der Waals surface area (Å²) in [5.74, 6) is -0.271. The third-order valence-electron chi connectivity index (χ3n) is 5.30. The van der Waals surface area contributed by atoms with E-state index in [1.807, 2.05) is 18.3 Å². The molecular formula is C20H29N3O3. The number of hydrogen-bond donors (Lipinski definition) is 1. The standard InChI is InChI=1S/C20H29N3O3/c24-19(26-14-6-8-16-7-4-12-21-15-16)18-11-5-13-23(18)20(25)22-17-9-2-1-3-10-17/h4,7,12,15,17-18H,1-3,5-6,8-11,13-14H2,(H,22,25). The quantitative estimate of drug-likeness (QED) is 0.626. The second-order valence-electron chi connectivity index (χ2n) is 7.27. The Bertz CT molecular complexity index is 587. The number of hydrogen-bond acceptors (Lipinski definition) is 4. The number of aryl methyl sites for hydroxylation is 1. The van der Waals surface area contributed by atoms with Gasteiger partial charge in [-0.1, -0.05) is 25.3 Å². The van der Waals surface area contributed by atoms with Gasteiger partial charge in [0.2, 0.25) is 0 Å². The summed E-state index contributed by atoms with van der Waals surface area (Å²) in [6, 6.07) is 3.64. The summed E-state index contributed by atoms with van der Waals surface area (Å²) in [4.78, 5) is 30.7. The van der Waals surface area contributed by atoms with Crippen LogP contribution in [0, 0.1) is 0 Å². The molecule has 1 unspecified atom stereocenters. The van der Waals surface area contributed by atoms with Crippen LogP contribution in [0.4, 0.5) is 4.79 Å². The Kier molecular flexibility index (Phi) is 6.86. The van der Waals surface area contributed by atoms with Crippen molar-refractivity contribution in [1.29, 1.82) is 0 Å². The highest BCUT2D eigenvalue weighted by Crippen LogP contribution is 2.21. The van der Waals surface area contributed by atoms with Crippen LogP contribution in [-0.2, 0) is 16.0 Å². The average Bonchev–Trinajstić information content (AvgIpc) is 3.17. The van der Waals surface area contributed by atoms with Crippen LogP contribution in [-0.4, -0.2) is 47.1 Å². The molecule has 1 aromatic heterocycles. The van der Waals surface area contributed by atoms with E-state index in [1.165, 1.54) is 19.3 Å². The lowest BCUT2D eigenvalue weighted by Crippen LogP contribution is -2.49. The lowest BCUT2D eigenvalue weighted by atomic mass is 9.96. The van der Waals surface area contributed by atoms with Crippen molar-refractivity contribution in [3.8, 4) is 0 Å². The summed E-state index contributed by atoms with van der Waals surface area (Å²) < 4.78 is 5.44. The molecule has 0 bridgehead atoms. The largest absolute Gasteiger partial charge is 0.464 e. The number of aromatic nitrogens is 1. The second-order valence-corrected chi connectivity index (χ2v) is 7.27. The number of nitrogens with zero attached hydrogens (tertiary/aromatic N) is 2. The molecule has 2 heterocycles. The maximum atomic E-state index is 12.5. The maximum absolute atomic E-state index is 12.5. The maximum Gasteiger partial charge on any atom is 0.328 e. The van der Waals surface area contributed by atoms with Crippen LogP contribution in [0.3, 0.4) is 0 Å². The van der Waals surface area contributed by atoms with E-state index in [9.17, 15) is 9.59 Å². The fourth-order valence-electron chi connectivity index (χ4n) is 3.85. The molecule has 6 heteroatoms. The van der Waals surface area contributed by atoms with E-state index in [2.05, 4.69) is 10.3 Å².